The summed E-state index contributed by atoms with van der Waals surface area (Å²) in [6.07, 6.45) is 11.3. The number of benzene rings is 7. The van der Waals surface area contributed by atoms with Gasteiger partial charge in [0.15, 0.2) is 17.5 Å². The van der Waals surface area contributed by atoms with Crippen LogP contribution in [0.1, 0.15) is 29.8 Å². The van der Waals surface area contributed by atoms with Crippen molar-refractivity contribution in [3.05, 3.63) is 199 Å². The molecule has 0 saturated carbocycles. The van der Waals surface area contributed by atoms with Crippen LogP contribution in [0.5, 0.6) is 0 Å². The molecule has 0 radical (unpaired) electrons. The number of aromatic nitrogens is 4. The number of fused-ring (bicyclic) bond motifs is 9. The van der Waals surface area contributed by atoms with Crippen LogP contribution in [-0.4, -0.2) is 19.5 Å². The zero-order valence-electron chi connectivity index (χ0n) is 29.7. The Bertz CT molecular complexity index is 3080. The third-order valence-corrected chi connectivity index (χ3v) is 11.4. The Hall–Kier alpha value is -6.91. The second-order valence-corrected chi connectivity index (χ2v) is 14.6. The zero-order valence-corrected chi connectivity index (χ0v) is 29.7. The lowest BCUT2D eigenvalue weighted by Gasteiger charge is -2.38. The van der Waals surface area contributed by atoms with Crippen LogP contribution in [0.4, 0.5) is 0 Å². The van der Waals surface area contributed by atoms with Gasteiger partial charge in [-0.3, -0.25) is 0 Å². The predicted octanol–water partition coefficient (Wildman–Crippen LogP) is 12.3. The average molecular weight is 691 g/mol. The molecule has 2 aliphatic carbocycles. The third-order valence-electron chi connectivity index (χ3n) is 11.4. The first-order valence-corrected chi connectivity index (χ1v) is 18.6. The summed E-state index contributed by atoms with van der Waals surface area (Å²) in [7, 11) is 0. The van der Waals surface area contributed by atoms with E-state index in [1.807, 2.05) is 18.2 Å². The Balaban J connectivity index is 1.17. The van der Waals surface area contributed by atoms with E-state index in [4.69, 9.17) is 15.0 Å². The van der Waals surface area contributed by atoms with Gasteiger partial charge in [0.2, 0.25) is 0 Å². The smallest absolute Gasteiger partial charge is 0.164 e. The van der Waals surface area contributed by atoms with Gasteiger partial charge in [-0.25, -0.2) is 15.0 Å². The Morgan fingerprint density at radius 2 is 1.22 bits per heavy atom. The van der Waals surface area contributed by atoms with Gasteiger partial charge in [0, 0.05) is 49.6 Å². The molecule has 4 heteroatoms. The van der Waals surface area contributed by atoms with Crippen LogP contribution in [0.15, 0.2) is 182 Å². The summed E-state index contributed by atoms with van der Waals surface area (Å²) in [5.41, 5.74) is 8.70. The highest BCUT2D eigenvalue weighted by Gasteiger charge is 2.38. The van der Waals surface area contributed by atoms with Gasteiger partial charge in [-0.1, -0.05) is 171 Å². The van der Waals surface area contributed by atoms with E-state index < -0.39 is 0 Å². The SMILES string of the molecule is CC12C=CC=CC1c1ccccc1C(c1nc(-c3ccccc3)nc(-c3ccc(-n4c5ccccc5c5ccc6ccccc6c54)c4ccccc34)n1)=C2. The number of nitrogens with zero attached hydrogens (tertiary/aromatic N) is 4. The summed E-state index contributed by atoms with van der Waals surface area (Å²) in [4.78, 5) is 15.8. The molecule has 254 valence electrons. The first kappa shape index (κ1) is 30.7. The summed E-state index contributed by atoms with van der Waals surface area (Å²) < 4.78 is 2.44. The van der Waals surface area contributed by atoms with Gasteiger partial charge in [-0.2, -0.15) is 0 Å². The summed E-state index contributed by atoms with van der Waals surface area (Å²) >= 11 is 0. The van der Waals surface area contributed by atoms with Gasteiger partial charge >= 0.3 is 0 Å². The maximum atomic E-state index is 5.36. The van der Waals surface area contributed by atoms with Gasteiger partial charge in [0.1, 0.15) is 0 Å². The first-order chi connectivity index (χ1) is 26.6. The van der Waals surface area contributed by atoms with Gasteiger partial charge in [-0.15, -0.1) is 0 Å². The van der Waals surface area contributed by atoms with Crippen LogP contribution in [0.3, 0.4) is 0 Å². The lowest BCUT2D eigenvalue weighted by molar-refractivity contribution is 0.478. The molecule has 0 spiro atoms. The summed E-state index contributed by atoms with van der Waals surface area (Å²) in [5, 5.41) is 7.15. The first-order valence-electron chi connectivity index (χ1n) is 18.6. The van der Waals surface area contributed by atoms with Crippen molar-refractivity contribution in [1.29, 1.82) is 0 Å². The van der Waals surface area contributed by atoms with Crippen molar-refractivity contribution >= 4 is 48.9 Å². The largest absolute Gasteiger partial charge is 0.308 e. The van der Waals surface area contributed by atoms with Crippen molar-refractivity contribution in [2.45, 2.75) is 12.8 Å². The Labute approximate surface area is 313 Å². The molecule has 2 atom stereocenters. The van der Waals surface area contributed by atoms with Gasteiger partial charge in [0.25, 0.3) is 0 Å². The molecular formula is C50H34N4. The standard InChI is InChI=1S/C50H34N4/c1-50-30-14-13-24-43(50)37-21-9-7-19-35(37)42(31-50)49-52-47(33-16-3-2-4-17-33)51-48(53-49)41-28-29-45(38-22-10-8-20-36(38)41)54-44-25-12-11-23-39(44)40-27-26-32-15-5-6-18-34(32)46(40)54/h2-31,43H,1H3. The monoisotopic (exact) mass is 690 g/mol. The van der Waals surface area contributed by atoms with Crippen LogP contribution < -0.4 is 0 Å². The van der Waals surface area contributed by atoms with Crippen molar-refractivity contribution in [3.63, 3.8) is 0 Å². The summed E-state index contributed by atoms with van der Waals surface area (Å²) in [6.45, 7) is 2.30. The van der Waals surface area contributed by atoms with E-state index in [1.54, 1.807) is 0 Å². The van der Waals surface area contributed by atoms with Crippen LogP contribution >= 0.6 is 0 Å². The number of hydrogen-bond donors (Lipinski definition) is 0. The molecular weight excluding hydrogens is 657 g/mol. The number of allylic oxidation sites excluding steroid dienone is 5. The van der Waals surface area contributed by atoms with E-state index in [9.17, 15) is 0 Å². The molecule has 7 aromatic carbocycles. The second-order valence-electron chi connectivity index (χ2n) is 14.6. The van der Waals surface area contributed by atoms with Gasteiger partial charge in [0.05, 0.1) is 16.7 Å². The fourth-order valence-electron chi connectivity index (χ4n) is 8.90. The van der Waals surface area contributed by atoms with Crippen LogP contribution in [0.25, 0.3) is 77.4 Å². The summed E-state index contributed by atoms with van der Waals surface area (Å²) in [5.74, 6) is 2.23. The molecule has 54 heavy (non-hydrogen) atoms. The van der Waals surface area contributed by atoms with Crippen molar-refractivity contribution < 1.29 is 0 Å². The fraction of sp³-hybridized carbons (Fsp3) is 0.0600. The van der Waals surface area contributed by atoms with E-state index in [0.29, 0.717) is 17.5 Å². The molecule has 0 bridgehead atoms. The highest BCUT2D eigenvalue weighted by Crippen LogP contribution is 2.50. The molecule has 2 aliphatic rings. The van der Waals surface area contributed by atoms with Gasteiger partial charge < -0.3 is 4.57 Å². The molecule has 0 saturated heterocycles. The van der Waals surface area contributed by atoms with E-state index in [2.05, 4.69) is 175 Å². The highest BCUT2D eigenvalue weighted by molar-refractivity contribution is 6.19. The Morgan fingerprint density at radius 1 is 0.519 bits per heavy atom. The molecule has 2 heterocycles. The highest BCUT2D eigenvalue weighted by atomic mass is 15.0. The van der Waals surface area contributed by atoms with E-state index >= 15 is 0 Å². The van der Waals surface area contributed by atoms with Crippen LogP contribution in [0.2, 0.25) is 0 Å². The predicted molar refractivity (Wildman–Crippen MR) is 223 cm³/mol. The van der Waals surface area contributed by atoms with Crippen molar-refractivity contribution in [1.82, 2.24) is 19.5 Å². The number of para-hydroxylation sites is 1. The molecule has 0 amide bonds. The molecule has 11 rings (SSSR count). The van der Waals surface area contributed by atoms with Crippen LogP contribution in [0, 0.1) is 5.41 Å². The van der Waals surface area contributed by atoms with E-state index in [1.165, 1.54) is 38.1 Å². The van der Waals surface area contributed by atoms with Crippen molar-refractivity contribution in [2.24, 2.45) is 5.41 Å². The molecule has 2 aromatic heterocycles. The zero-order chi connectivity index (χ0) is 35.8. The topological polar surface area (TPSA) is 43.6 Å². The Kier molecular flexibility index (Phi) is 6.71. The van der Waals surface area contributed by atoms with Crippen molar-refractivity contribution in [3.8, 4) is 28.5 Å². The quantitative estimate of drug-likeness (QED) is 0.185. The maximum Gasteiger partial charge on any atom is 0.164 e. The lowest BCUT2D eigenvalue weighted by Crippen LogP contribution is -2.27. The minimum absolute atomic E-state index is 0.209. The Morgan fingerprint density at radius 3 is 2.11 bits per heavy atom. The van der Waals surface area contributed by atoms with E-state index in [0.717, 1.165) is 38.7 Å². The molecule has 0 N–H and O–H groups in total. The third kappa shape index (κ3) is 4.60. The second kappa shape index (κ2) is 11.8. The molecule has 0 aliphatic heterocycles. The van der Waals surface area contributed by atoms with Crippen LogP contribution in [-0.2, 0) is 0 Å². The lowest BCUT2D eigenvalue weighted by atomic mass is 9.65. The van der Waals surface area contributed by atoms with Gasteiger partial charge in [-0.05, 0) is 40.1 Å². The fourth-order valence-corrected chi connectivity index (χ4v) is 8.90. The molecule has 9 aromatic rings. The minimum Gasteiger partial charge on any atom is -0.308 e. The molecule has 4 nitrogen and oxygen atoms in total. The average Bonchev–Trinajstić information content (AvgIpc) is 3.57. The maximum absolute atomic E-state index is 5.36. The minimum atomic E-state index is -0.209. The molecule has 0 fully saturated rings. The van der Waals surface area contributed by atoms with E-state index in [-0.39, 0.29) is 11.3 Å². The normalized spacial score (nSPS) is 17.6. The number of rotatable bonds is 4. The molecule has 2 unspecified atom stereocenters. The summed E-state index contributed by atoms with van der Waals surface area (Å²) in [6, 6.07) is 54.0. The van der Waals surface area contributed by atoms with Crippen molar-refractivity contribution in [2.75, 3.05) is 0 Å². The number of hydrogen-bond acceptors (Lipinski definition) is 3.